The van der Waals surface area contributed by atoms with Crippen LogP contribution in [-0.4, -0.2) is 35.1 Å². The second-order valence-electron chi connectivity index (χ2n) is 6.72. The van der Waals surface area contributed by atoms with Gasteiger partial charge in [-0.1, -0.05) is 12.1 Å². The van der Waals surface area contributed by atoms with E-state index in [2.05, 4.69) is 10.6 Å². The minimum Gasteiger partial charge on any atom is -0.393 e. The lowest BCUT2D eigenvalue weighted by atomic mass is 9.93. The third-order valence-corrected chi connectivity index (χ3v) is 4.56. The molecule has 0 aliphatic heterocycles. The number of benzene rings is 1. The molecule has 1 aromatic carbocycles. The van der Waals surface area contributed by atoms with Crippen LogP contribution in [0.2, 0.25) is 0 Å². The molecule has 128 valence electrons. The van der Waals surface area contributed by atoms with Gasteiger partial charge in [0.25, 0.3) is 5.91 Å². The monoisotopic (exact) mass is 328 g/mol. The van der Waals surface area contributed by atoms with E-state index in [-0.39, 0.29) is 24.0 Å². The molecule has 5 nitrogen and oxygen atoms in total. The number of aliphatic hydroxyl groups excluding tert-OH is 1. The lowest BCUT2D eigenvalue weighted by molar-refractivity contribution is -0.117. The van der Waals surface area contributed by atoms with Crippen molar-refractivity contribution in [2.24, 2.45) is 0 Å². The van der Waals surface area contributed by atoms with Gasteiger partial charge in [0.2, 0.25) is 5.91 Å². The van der Waals surface area contributed by atoms with Crippen LogP contribution in [-0.2, 0) is 4.79 Å². The summed E-state index contributed by atoms with van der Waals surface area (Å²) in [4.78, 5) is 23.9. The van der Waals surface area contributed by atoms with Crippen LogP contribution in [0.4, 0.5) is 0 Å². The molecule has 2 amide bonds. The van der Waals surface area contributed by atoms with E-state index in [4.69, 9.17) is 0 Å². The van der Waals surface area contributed by atoms with Gasteiger partial charge in [0.15, 0.2) is 0 Å². The number of aliphatic hydroxyl groups is 1. The maximum Gasteiger partial charge on any atom is 0.251 e. The van der Waals surface area contributed by atoms with Gasteiger partial charge in [-0.3, -0.25) is 9.59 Å². The Hall–Kier alpha value is -2.14. The van der Waals surface area contributed by atoms with E-state index in [0.717, 1.165) is 44.1 Å². The van der Waals surface area contributed by atoms with Crippen LogP contribution in [0.15, 0.2) is 30.3 Å². The summed E-state index contributed by atoms with van der Waals surface area (Å²) in [6.07, 6.45) is 8.34. The van der Waals surface area contributed by atoms with E-state index in [9.17, 15) is 14.7 Å². The molecule has 2 aliphatic rings. The highest BCUT2D eigenvalue weighted by Gasteiger charge is 2.23. The van der Waals surface area contributed by atoms with Crippen molar-refractivity contribution in [3.05, 3.63) is 41.5 Å². The SMILES string of the molecule is O=C(/C=C/c1ccc(C(=O)NC2CC2)cc1)NC1CCC(O)CC1. The maximum absolute atomic E-state index is 11.9. The molecule has 0 bridgehead atoms. The van der Waals surface area contributed by atoms with Crippen molar-refractivity contribution in [1.29, 1.82) is 0 Å². The number of carbonyl (C=O) groups is 2. The number of amides is 2. The first-order valence-corrected chi connectivity index (χ1v) is 8.68. The lowest BCUT2D eigenvalue weighted by Crippen LogP contribution is -2.37. The highest BCUT2D eigenvalue weighted by molar-refractivity contribution is 5.95. The zero-order chi connectivity index (χ0) is 16.9. The summed E-state index contributed by atoms with van der Waals surface area (Å²) in [6.45, 7) is 0. The van der Waals surface area contributed by atoms with Gasteiger partial charge in [-0.15, -0.1) is 0 Å². The van der Waals surface area contributed by atoms with E-state index in [1.807, 2.05) is 12.1 Å². The summed E-state index contributed by atoms with van der Waals surface area (Å²) in [5, 5.41) is 15.4. The molecule has 0 unspecified atom stereocenters. The van der Waals surface area contributed by atoms with Crippen LogP contribution in [0.25, 0.3) is 6.08 Å². The van der Waals surface area contributed by atoms with Crippen molar-refractivity contribution in [3.8, 4) is 0 Å². The highest BCUT2D eigenvalue weighted by Crippen LogP contribution is 2.20. The molecule has 0 heterocycles. The molecule has 0 saturated heterocycles. The number of carbonyl (C=O) groups excluding carboxylic acids is 2. The van der Waals surface area contributed by atoms with E-state index in [0.29, 0.717) is 11.6 Å². The third kappa shape index (κ3) is 4.93. The Labute approximate surface area is 142 Å². The largest absolute Gasteiger partial charge is 0.393 e. The first-order chi connectivity index (χ1) is 11.6. The Morgan fingerprint density at radius 3 is 2.12 bits per heavy atom. The molecule has 24 heavy (non-hydrogen) atoms. The molecule has 0 atom stereocenters. The summed E-state index contributed by atoms with van der Waals surface area (Å²) in [5.41, 5.74) is 1.52. The molecule has 3 N–H and O–H groups in total. The number of nitrogens with one attached hydrogen (secondary N) is 2. The molecule has 0 spiro atoms. The van der Waals surface area contributed by atoms with Crippen LogP contribution in [0, 0.1) is 0 Å². The predicted molar refractivity (Wildman–Crippen MR) is 92.4 cm³/mol. The van der Waals surface area contributed by atoms with E-state index < -0.39 is 0 Å². The van der Waals surface area contributed by atoms with Gasteiger partial charge >= 0.3 is 0 Å². The smallest absolute Gasteiger partial charge is 0.251 e. The van der Waals surface area contributed by atoms with Crippen molar-refractivity contribution in [2.45, 2.75) is 56.7 Å². The fourth-order valence-corrected chi connectivity index (χ4v) is 2.88. The Balaban J connectivity index is 1.48. The Morgan fingerprint density at radius 2 is 1.50 bits per heavy atom. The summed E-state index contributed by atoms with van der Waals surface area (Å²) in [5.74, 6) is -0.155. The number of rotatable bonds is 5. The van der Waals surface area contributed by atoms with Crippen LogP contribution in [0.1, 0.15) is 54.4 Å². The van der Waals surface area contributed by atoms with Gasteiger partial charge in [0, 0.05) is 23.7 Å². The summed E-state index contributed by atoms with van der Waals surface area (Å²) in [6, 6.07) is 7.72. The molecule has 0 radical (unpaired) electrons. The Morgan fingerprint density at radius 1 is 0.917 bits per heavy atom. The Bertz CT molecular complexity index is 612. The molecule has 0 aromatic heterocycles. The Kier molecular flexibility index (Phi) is 5.30. The summed E-state index contributed by atoms with van der Waals surface area (Å²) in [7, 11) is 0. The van der Waals surface area contributed by atoms with Crippen molar-refractivity contribution < 1.29 is 14.7 Å². The summed E-state index contributed by atoms with van der Waals surface area (Å²) < 4.78 is 0. The van der Waals surface area contributed by atoms with Gasteiger partial charge in [0.1, 0.15) is 0 Å². The topological polar surface area (TPSA) is 78.4 Å². The standard InChI is InChI=1S/C19H24N2O3/c22-17-10-8-15(9-11-17)20-18(23)12-3-13-1-4-14(5-2-13)19(24)21-16-6-7-16/h1-5,12,15-17,22H,6-11H2,(H,20,23)(H,21,24)/b12-3+. The van der Waals surface area contributed by atoms with Crippen molar-refractivity contribution >= 4 is 17.9 Å². The minimum atomic E-state index is -0.218. The average molecular weight is 328 g/mol. The molecular formula is C19H24N2O3. The second kappa shape index (κ2) is 7.62. The number of hydrogen-bond donors (Lipinski definition) is 3. The van der Waals surface area contributed by atoms with E-state index >= 15 is 0 Å². The molecule has 5 heteroatoms. The van der Waals surface area contributed by atoms with Crippen LogP contribution in [0.5, 0.6) is 0 Å². The molecule has 2 fully saturated rings. The normalized spacial score (nSPS) is 23.9. The first-order valence-electron chi connectivity index (χ1n) is 8.68. The van der Waals surface area contributed by atoms with Crippen molar-refractivity contribution in [3.63, 3.8) is 0 Å². The highest BCUT2D eigenvalue weighted by atomic mass is 16.3. The molecule has 2 aliphatic carbocycles. The second-order valence-corrected chi connectivity index (χ2v) is 6.72. The van der Waals surface area contributed by atoms with Gasteiger partial charge < -0.3 is 15.7 Å². The minimum absolute atomic E-state index is 0.0368. The average Bonchev–Trinajstić information content (AvgIpc) is 3.39. The third-order valence-electron chi connectivity index (χ3n) is 4.56. The quantitative estimate of drug-likeness (QED) is 0.724. The zero-order valence-corrected chi connectivity index (χ0v) is 13.7. The molecule has 1 aromatic rings. The molecule has 3 rings (SSSR count). The predicted octanol–water partition coefficient (Wildman–Crippen LogP) is 2.01. The molecule has 2 saturated carbocycles. The van der Waals surface area contributed by atoms with Gasteiger partial charge in [0.05, 0.1) is 6.10 Å². The fourth-order valence-electron chi connectivity index (χ4n) is 2.88. The van der Waals surface area contributed by atoms with Crippen molar-refractivity contribution in [1.82, 2.24) is 10.6 Å². The van der Waals surface area contributed by atoms with E-state index in [1.54, 1.807) is 18.2 Å². The van der Waals surface area contributed by atoms with Crippen molar-refractivity contribution in [2.75, 3.05) is 0 Å². The fraction of sp³-hybridized carbons (Fsp3) is 0.474. The van der Waals surface area contributed by atoms with Crippen LogP contribution >= 0.6 is 0 Å². The van der Waals surface area contributed by atoms with Crippen LogP contribution in [0.3, 0.4) is 0 Å². The molecular weight excluding hydrogens is 304 g/mol. The van der Waals surface area contributed by atoms with Gasteiger partial charge in [-0.2, -0.15) is 0 Å². The van der Waals surface area contributed by atoms with Crippen LogP contribution < -0.4 is 10.6 Å². The lowest BCUT2D eigenvalue weighted by Gasteiger charge is -2.25. The number of hydrogen-bond acceptors (Lipinski definition) is 3. The summed E-state index contributed by atoms with van der Waals surface area (Å²) >= 11 is 0. The zero-order valence-electron chi connectivity index (χ0n) is 13.7. The first kappa shape index (κ1) is 16.7. The van der Waals surface area contributed by atoms with Gasteiger partial charge in [-0.25, -0.2) is 0 Å². The van der Waals surface area contributed by atoms with E-state index in [1.165, 1.54) is 6.08 Å². The maximum atomic E-state index is 11.9. The van der Waals surface area contributed by atoms with Gasteiger partial charge in [-0.05, 0) is 62.3 Å².